The topological polar surface area (TPSA) is 69.6 Å². The van der Waals surface area contributed by atoms with Gasteiger partial charge in [-0.2, -0.15) is 0 Å². The molecule has 0 saturated carbocycles. The van der Waals surface area contributed by atoms with Gasteiger partial charge in [-0.15, -0.1) is 0 Å². The van der Waals surface area contributed by atoms with Crippen LogP contribution < -0.4 is 5.32 Å². The number of amides is 1. The summed E-state index contributed by atoms with van der Waals surface area (Å²) in [6.45, 7) is 4.19. The smallest absolute Gasteiger partial charge is 0.220 e. The van der Waals surface area contributed by atoms with Crippen molar-refractivity contribution in [3.63, 3.8) is 0 Å². The Hall–Kier alpha value is -1.39. The molecule has 3 N–H and O–H groups in total. The number of allylic oxidation sites excluding steroid dienone is 5. The van der Waals surface area contributed by atoms with E-state index in [1.165, 1.54) is 141 Å². The molecule has 0 aromatic rings. The molecule has 45 heavy (non-hydrogen) atoms. The average molecular weight is 632 g/mol. The molecule has 4 heteroatoms. The summed E-state index contributed by atoms with van der Waals surface area (Å²) in [5, 5.41) is 22.9. The molecule has 0 aliphatic carbocycles. The Balaban J connectivity index is 3.55. The second-order valence-corrected chi connectivity index (χ2v) is 13.3. The first-order chi connectivity index (χ1) is 22.2. The highest BCUT2D eigenvalue weighted by atomic mass is 16.3. The van der Waals surface area contributed by atoms with Crippen LogP contribution in [0.15, 0.2) is 36.5 Å². The summed E-state index contributed by atoms with van der Waals surface area (Å²) < 4.78 is 0. The molecule has 0 fully saturated rings. The summed E-state index contributed by atoms with van der Waals surface area (Å²) in [6, 6.07) is -0.619. The maximum Gasteiger partial charge on any atom is 0.220 e. The van der Waals surface area contributed by atoms with Gasteiger partial charge in [0.2, 0.25) is 5.91 Å². The molecule has 2 unspecified atom stereocenters. The molecule has 264 valence electrons. The lowest BCUT2D eigenvalue weighted by molar-refractivity contribution is -0.123. The minimum absolute atomic E-state index is 0.0662. The highest BCUT2D eigenvalue weighted by molar-refractivity contribution is 5.76. The molecular weight excluding hydrogens is 554 g/mol. The quantitative estimate of drug-likeness (QED) is 0.0481. The molecule has 0 aliphatic rings. The van der Waals surface area contributed by atoms with E-state index in [-0.39, 0.29) is 12.5 Å². The van der Waals surface area contributed by atoms with Crippen LogP contribution in [0.25, 0.3) is 0 Å². The fraction of sp³-hybridized carbons (Fsp3) is 0.829. The summed E-state index contributed by atoms with van der Waals surface area (Å²) >= 11 is 0. The largest absolute Gasteiger partial charge is 0.394 e. The van der Waals surface area contributed by atoms with Crippen LogP contribution in [0.5, 0.6) is 0 Å². The average Bonchev–Trinajstić information content (AvgIpc) is 3.04. The van der Waals surface area contributed by atoms with E-state index in [0.29, 0.717) is 6.42 Å². The lowest BCUT2D eigenvalue weighted by Crippen LogP contribution is -2.45. The summed E-state index contributed by atoms with van der Waals surface area (Å²) in [5.74, 6) is -0.0662. The summed E-state index contributed by atoms with van der Waals surface area (Å²) in [5.41, 5.74) is 0. The maximum atomic E-state index is 12.3. The van der Waals surface area contributed by atoms with Crippen LogP contribution in [0.2, 0.25) is 0 Å². The van der Waals surface area contributed by atoms with Gasteiger partial charge in [-0.25, -0.2) is 0 Å². The Morgan fingerprint density at radius 1 is 0.556 bits per heavy atom. The number of carbonyl (C=O) groups is 1. The van der Waals surface area contributed by atoms with Crippen molar-refractivity contribution >= 4 is 5.91 Å². The summed E-state index contributed by atoms with van der Waals surface area (Å²) in [6.07, 6.45) is 48.1. The third-order valence-corrected chi connectivity index (χ3v) is 8.88. The number of aliphatic hydroxyl groups is 2. The van der Waals surface area contributed by atoms with E-state index in [2.05, 4.69) is 43.5 Å². The zero-order valence-electron chi connectivity index (χ0n) is 30.1. The monoisotopic (exact) mass is 632 g/mol. The second kappa shape index (κ2) is 37.1. The van der Waals surface area contributed by atoms with E-state index >= 15 is 0 Å². The Kier molecular flexibility index (Phi) is 35.9. The van der Waals surface area contributed by atoms with Gasteiger partial charge in [0, 0.05) is 6.42 Å². The molecule has 0 aliphatic heterocycles. The zero-order valence-corrected chi connectivity index (χ0v) is 30.1. The third kappa shape index (κ3) is 33.8. The summed E-state index contributed by atoms with van der Waals surface area (Å²) in [7, 11) is 0. The highest BCUT2D eigenvalue weighted by Crippen LogP contribution is 2.15. The van der Waals surface area contributed by atoms with Gasteiger partial charge in [0.15, 0.2) is 0 Å². The normalized spacial score (nSPS) is 13.4. The van der Waals surface area contributed by atoms with Crippen LogP contribution in [0.4, 0.5) is 0 Å². The highest BCUT2D eigenvalue weighted by Gasteiger charge is 2.17. The lowest BCUT2D eigenvalue weighted by atomic mass is 10.0. The van der Waals surface area contributed by atoms with Crippen molar-refractivity contribution in [2.45, 2.75) is 212 Å². The van der Waals surface area contributed by atoms with Gasteiger partial charge in [0.25, 0.3) is 0 Å². The van der Waals surface area contributed by atoms with Crippen LogP contribution in [0, 0.1) is 0 Å². The molecule has 4 nitrogen and oxygen atoms in total. The van der Waals surface area contributed by atoms with E-state index in [0.717, 1.165) is 38.5 Å². The molecular formula is C41H77NO3. The minimum atomic E-state index is -0.836. The van der Waals surface area contributed by atoms with Crippen LogP contribution in [-0.2, 0) is 4.79 Å². The Labute approximate surface area is 281 Å². The van der Waals surface area contributed by atoms with Crippen molar-refractivity contribution < 1.29 is 15.0 Å². The number of rotatable bonds is 35. The van der Waals surface area contributed by atoms with Gasteiger partial charge in [0.1, 0.15) is 0 Å². The van der Waals surface area contributed by atoms with Crippen LogP contribution >= 0.6 is 0 Å². The van der Waals surface area contributed by atoms with Crippen LogP contribution in [0.3, 0.4) is 0 Å². The Bertz CT molecular complexity index is 686. The summed E-state index contributed by atoms with van der Waals surface area (Å²) in [4.78, 5) is 12.3. The Morgan fingerprint density at radius 2 is 0.978 bits per heavy atom. The molecule has 0 aromatic heterocycles. The number of carbonyl (C=O) groups excluding carboxylic acids is 1. The second-order valence-electron chi connectivity index (χ2n) is 13.3. The first-order valence-electron chi connectivity index (χ1n) is 19.7. The first-order valence-corrected chi connectivity index (χ1v) is 19.7. The van der Waals surface area contributed by atoms with Crippen LogP contribution in [-0.4, -0.2) is 34.9 Å². The van der Waals surface area contributed by atoms with Gasteiger partial charge in [-0.1, -0.05) is 185 Å². The van der Waals surface area contributed by atoms with Crippen LogP contribution in [0.1, 0.15) is 200 Å². The fourth-order valence-electron chi connectivity index (χ4n) is 5.86. The van der Waals surface area contributed by atoms with E-state index in [1.807, 2.05) is 6.08 Å². The molecule has 0 heterocycles. The number of hydrogen-bond acceptors (Lipinski definition) is 3. The molecule has 1 amide bonds. The fourth-order valence-corrected chi connectivity index (χ4v) is 5.86. The maximum absolute atomic E-state index is 12.3. The van der Waals surface area contributed by atoms with Crippen molar-refractivity contribution in [3.8, 4) is 0 Å². The van der Waals surface area contributed by atoms with E-state index in [1.54, 1.807) is 6.08 Å². The van der Waals surface area contributed by atoms with E-state index in [9.17, 15) is 15.0 Å². The molecule has 0 aromatic carbocycles. The first kappa shape index (κ1) is 43.6. The molecule has 0 bridgehead atoms. The third-order valence-electron chi connectivity index (χ3n) is 8.88. The number of unbranched alkanes of at least 4 members (excludes halogenated alkanes) is 24. The van der Waals surface area contributed by atoms with Gasteiger partial charge in [0.05, 0.1) is 18.8 Å². The van der Waals surface area contributed by atoms with Gasteiger partial charge < -0.3 is 15.5 Å². The van der Waals surface area contributed by atoms with Crippen molar-refractivity contribution in [2.24, 2.45) is 0 Å². The molecule has 0 radical (unpaired) electrons. The van der Waals surface area contributed by atoms with Crippen molar-refractivity contribution in [2.75, 3.05) is 6.61 Å². The van der Waals surface area contributed by atoms with E-state index in [4.69, 9.17) is 0 Å². The predicted molar refractivity (Wildman–Crippen MR) is 198 cm³/mol. The lowest BCUT2D eigenvalue weighted by Gasteiger charge is -2.20. The minimum Gasteiger partial charge on any atom is -0.394 e. The van der Waals surface area contributed by atoms with Crippen molar-refractivity contribution in [1.82, 2.24) is 5.32 Å². The predicted octanol–water partition coefficient (Wildman–Crippen LogP) is 11.8. The SMILES string of the molecule is CC/C=C\C/C=C\CCCCCCCCCCCCCCCCC(=O)NC(CO)C(O)/C=C/CCCCCCCCCCCC. The number of hydrogen-bond donors (Lipinski definition) is 3. The van der Waals surface area contributed by atoms with Gasteiger partial charge in [-0.3, -0.25) is 4.79 Å². The van der Waals surface area contributed by atoms with Crippen molar-refractivity contribution in [1.29, 1.82) is 0 Å². The number of aliphatic hydroxyl groups excluding tert-OH is 2. The van der Waals surface area contributed by atoms with Gasteiger partial charge in [-0.05, 0) is 44.9 Å². The zero-order chi connectivity index (χ0) is 32.9. The standard InChI is InChI=1S/C41H77NO3/c1-3-5-7-9-11-13-15-17-18-19-20-21-22-23-24-25-27-29-31-33-35-37-41(45)42-39(38-43)40(44)36-34-32-30-28-26-16-14-12-10-8-6-4-2/h5,7,11,13,34,36,39-40,43-44H,3-4,6,8-10,12,14-33,35,37-38H2,1-2H3,(H,42,45)/b7-5-,13-11-,36-34+. The molecule has 0 saturated heterocycles. The molecule has 2 atom stereocenters. The molecule has 0 rings (SSSR count). The molecule has 0 spiro atoms. The van der Waals surface area contributed by atoms with Gasteiger partial charge >= 0.3 is 0 Å². The van der Waals surface area contributed by atoms with E-state index < -0.39 is 12.1 Å². The number of nitrogens with one attached hydrogen (secondary N) is 1. The van der Waals surface area contributed by atoms with Crippen molar-refractivity contribution in [3.05, 3.63) is 36.5 Å². The Morgan fingerprint density at radius 3 is 1.44 bits per heavy atom.